The highest BCUT2D eigenvalue weighted by atomic mass is 32.1. The quantitative estimate of drug-likeness (QED) is 0.733. The fourth-order valence-electron chi connectivity index (χ4n) is 1.05. The van der Waals surface area contributed by atoms with Gasteiger partial charge in [-0.3, -0.25) is 5.10 Å². The Kier molecular flexibility index (Phi) is 3.03. The van der Waals surface area contributed by atoms with Gasteiger partial charge in [-0.15, -0.1) is 0 Å². The molecule has 0 radical (unpaired) electrons. The van der Waals surface area contributed by atoms with Crippen molar-refractivity contribution >= 4 is 12.2 Å². The van der Waals surface area contributed by atoms with Crippen LogP contribution in [0.2, 0.25) is 0 Å². The molecule has 1 aromatic heterocycles. The largest absolute Gasteiger partial charge is 0.304 e. The van der Waals surface area contributed by atoms with E-state index in [9.17, 15) is 0 Å². The number of aromatic amines is 1. The molecule has 0 spiro atoms. The average molecular weight is 185 g/mol. The predicted octanol–water partition coefficient (Wildman–Crippen LogP) is 2.30. The van der Waals surface area contributed by atoms with Crippen LogP contribution >= 0.6 is 12.2 Å². The van der Waals surface area contributed by atoms with Gasteiger partial charge in [-0.1, -0.05) is 20.3 Å². The van der Waals surface area contributed by atoms with Gasteiger partial charge >= 0.3 is 0 Å². The highest BCUT2D eigenvalue weighted by Crippen LogP contribution is 2.06. The second-order valence-electron chi connectivity index (χ2n) is 3.20. The van der Waals surface area contributed by atoms with Crippen molar-refractivity contribution in [1.29, 1.82) is 0 Å². The van der Waals surface area contributed by atoms with E-state index in [1.165, 1.54) is 6.42 Å². The molecule has 0 fully saturated rings. The van der Waals surface area contributed by atoms with Crippen molar-refractivity contribution < 1.29 is 0 Å². The van der Waals surface area contributed by atoms with E-state index in [4.69, 9.17) is 12.2 Å². The first-order chi connectivity index (χ1) is 5.65. The van der Waals surface area contributed by atoms with Gasteiger partial charge in [-0.05, 0) is 25.1 Å². The third-order valence-corrected chi connectivity index (χ3v) is 2.45. The van der Waals surface area contributed by atoms with Crippen LogP contribution < -0.4 is 0 Å². The molecule has 1 atom stereocenters. The Morgan fingerprint density at radius 1 is 1.67 bits per heavy atom. The summed E-state index contributed by atoms with van der Waals surface area (Å²) in [5.41, 5.74) is 0. The number of H-pyrrole nitrogens is 1. The maximum atomic E-state index is 5.08. The number of hydrogen-bond donors (Lipinski definition) is 1. The second kappa shape index (κ2) is 3.85. The van der Waals surface area contributed by atoms with Crippen molar-refractivity contribution in [3.8, 4) is 0 Å². The standard InChI is InChI=1S/C8H15N3S/c1-4-6(2)5-11-7(3)9-10-8(11)12/h6H,4-5H2,1-3H3,(H,10,12). The molecule has 4 heteroatoms. The summed E-state index contributed by atoms with van der Waals surface area (Å²) in [6.45, 7) is 7.34. The third kappa shape index (κ3) is 1.94. The lowest BCUT2D eigenvalue weighted by molar-refractivity contribution is 0.459. The summed E-state index contributed by atoms with van der Waals surface area (Å²) in [6.07, 6.45) is 1.17. The van der Waals surface area contributed by atoms with Crippen molar-refractivity contribution in [2.24, 2.45) is 5.92 Å². The summed E-state index contributed by atoms with van der Waals surface area (Å²) in [6, 6.07) is 0. The number of aromatic nitrogens is 3. The fraction of sp³-hybridized carbons (Fsp3) is 0.750. The van der Waals surface area contributed by atoms with E-state index in [0.29, 0.717) is 5.92 Å². The molecule has 0 saturated heterocycles. The normalized spacial score (nSPS) is 13.2. The van der Waals surface area contributed by atoms with Gasteiger partial charge in [0.25, 0.3) is 0 Å². The van der Waals surface area contributed by atoms with Crippen LogP contribution in [0, 0.1) is 17.6 Å². The lowest BCUT2D eigenvalue weighted by Crippen LogP contribution is -2.08. The SMILES string of the molecule is CCC(C)Cn1c(C)n[nH]c1=S. The van der Waals surface area contributed by atoms with Crippen LogP contribution in [0.15, 0.2) is 0 Å². The van der Waals surface area contributed by atoms with Gasteiger partial charge in [-0.25, -0.2) is 0 Å². The average Bonchev–Trinajstić information content (AvgIpc) is 2.35. The molecule has 1 heterocycles. The minimum Gasteiger partial charge on any atom is -0.304 e. The maximum Gasteiger partial charge on any atom is 0.195 e. The monoisotopic (exact) mass is 185 g/mol. The number of nitrogens with zero attached hydrogens (tertiary/aromatic N) is 2. The topological polar surface area (TPSA) is 33.6 Å². The third-order valence-electron chi connectivity index (χ3n) is 2.14. The summed E-state index contributed by atoms with van der Waals surface area (Å²) in [5.74, 6) is 1.63. The van der Waals surface area contributed by atoms with E-state index < -0.39 is 0 Å². The molecule has 1 aromatic rings. The smallest absolute Gasteiger partial charge is 0.195 e. The minimum atomic E-state index is 0.660. The highest BCUT2D eigenvalue weighted by molar-refractivity contribution is 7.71. The molecule has 1 unspecified atom stereocenters. The number of aryl methyl sites for hydroxylation is 1. The molecule has 3 nitrogen and oxygen atoms in total. The molecule has 0 aromatic carbocycles. The zero-order valence-corrected chi connectivity index (χ0v) is 8.61. The van der Waals surface area contributed by atoms with Crippen LogP contribution in [0.5, 0.6) is 0 Å². The zero-order valence-electron chi connectivity index (χ0n) is 7.79. The van der Waals surface area contributed by atoms with Crippen LogP contribution in [0.3, 0.4) is 0 Å². The Morgan fingerprint density at radius 2 is 2.33 bits per heavy atom. The van der Waals surface area contributed by atoms with Crippen LogP contribution in [0.1, 0.15) is 26.1 Å². The molecule has 0 saturated carbocycles. The van der Waals surface area contributed by atoms with Gasteiger partial charge in [0.15, 0.2) is 4.77 Å². The van der Waals surface area contributed by atoms with Crippen molar-refractivity contribution in [2.75, 3.05) is 0 Å². The lowest BCUT2D eigenvalue weighted by atomic mass is 10.1. The van der Waals surface area contributed by atoms with Crippen LogP contribution in [0.4, 0.5) is 0 Å². The van der Waals surface area contributed by atoms with E-state index in [-0.39, 0.29) is 0 Å². The number of hydrogen-bond acceptors (Lipinski definition) is 2. The fourth-order valence-corrected chi connectivity index (χ4v) is 1.30. The first-order valence-electron chi connectivity index (χ1n) is 4.27. The van der Waals surface area contributed by atoms with Crippen LogP contribution in [-0.2, 0) is 6.54 Å². The Morgan fingerprint density at radius 3 is 2.75 bits per heavy atom. The van der Waals surface area contributed by atoms with Gasteiger partial charge in [0, 0.05) is 6.54 Å². The van der Waals surface area contributed by atoms with E-state index in [1.807, 2.05) is 11.5 Å². The molecule has 1 N–H and O–H groups in total. The molecule has 1 rings (SSSR count). The lowest BCUT2D eigenvalue weighted by Gasteiger charge is -2.09. The molecule has 0 bridgehead atoms. The van der Waals surface area contributed by atoms with E-state index in [2.05, 4.69) is 24.0 Å². The summed E-state index contributed by atoms with van der Waals surface area (Å²) < 4.78 is 2.77. The first kappa shape index (κ1) is 9.45. The molecule has 0 aliphatic carbocycles. The Balaban J connectivity index is 2.81. The minimum absolute atomic E-state index is 0.660. The van der Waals surface area contributed by atoms with E-state index in [0.717, 1.165) is 17.1 Å². The van der Waals surface area contributed by atoms with Gasteiger partial charge < -0.3 is 4.57 Å². The number of rotatable bonds is 3. The summed E-state index contributed by atoms with van der Waals surface area (Å²) in [7, 11) is 0. The number of nitrogens with one attached hydrogen (secondary N) is 1. The summed E-state index contributed by atoms with van der Waals surface area (Å²) in [5, 5.41) is 6.83. The predicted molar refractivity (Wildman–Crippen MR) is 51.6 cm³/mol. The zero-order chi connectivity index (χ0) is 9.14. The molecule has 0 amide bonds. The molecular weight excluding hydrogens is 170 g/mol. The highest BCUT2D eigenvalue weighted by Gasteiger charge is 2.04. The summed E-state index contributed by atoms with van der Waals surface area (Å²) in [4.78, 5) is 0. The Hall–Kier alpha value is -0.640. The molecule has 0 aliphatic rings. The Labute approximate surface area is 77.8 Å². The van der Waals surface area contributed by atoms with Gasteiger partial charge in [-0.2, -0.15) is 5.10 Å². The second-order valence-corrected chi connectivity index (χ2v) is 3.59. The molecule has 68 valence electrons. The molecule has 12 heavy (non-hydrogen) atoms. The van der Waals surface area contributed by atoms with Crippen molar-refractivity contribution in [2.45, 2.75) is 33.7 Å². The van der Waals surface area contributed by atoms with Crippen LogP contribution in [-0.4, -0.2) is 14.8 Å². The van der Waals surface area contributed by atoms with Gasteiger partial charge in [0.2, 0.25) is 0 Å². The first-order valence-corrected chi connectivity index (χ1v) is 4.67. The van der Waals surface area contributed by atoms with E-state index >= 15 is 0 Å². The van der Waals surface area contributed by atoms with Gasteiger partial charge in [0.1, 0.15) is 5.82 Å². The molecular formula is C8H15N3S. The Bertz CT molecular complexity index is 299. The van der Waals surface area contributed by atoms with Crippen LogP contribution in [0.25, 0.3) is 0 Å². The van der Waals surface area contributed by atoms with E-state index in [1.54, 1.807) is 0 Å². The summed E-state index contributed by atoms with van der Waals surface area (Å²) >= 11 is 5.08. The van der Waals surface area contributed by atoms with Crippen molar-refractivity contribution in [3.63, 3.8) is 0 Å². The maximum absolute atomic E-state index is 5.08. The molecule has 0 aliphatic heterocycles. The van der Waals surface area contributed by atoms with Crippen molar-refractivity contribution in [1.82, 2.24) is 14.8 Å². The van der Waals surface area contributed by atoms with Gasteiger partial charge in [0.05, 0.1) is 0 Å². The van der Waals surface area contributed by atoms with Crippen molar-refractivity contribution in [3.05, 3.63) is 10.6 Å².